The first-order chi connectivity index (χ1) is 8.93. The Hall–Kier alpha value is -1.34. The molecule has 3 atom stereocenters. The predicted octanol–water partition coefficient (Wildman–Crippen LogP) is 3.75. The Bertz CT molecular complexity index is 523. The van der Waals surface area contributed by atoms with Crippen molar-refractivity contribution >= 4 is 11.4 Å². The van der Waals surface area contributed by atoms with Gasteiger partial charge >= 0.3 is 12.4 Å². The molecule has 3 aliphatic rings. The van der Waals surface area contributed by atoms with Crippen LogP contribution in [0, 0.1) is 22.7 Å². The fourth-order valence-electron chi connectivity index (χ4n) is 3.25. The molecular weight excluding hydrogens is 286 g/mol. The third-order valence-corrected chi connectivity index (χ3v) is 4.78. The van der Waals surface area contributed by atoms with Crippen LogP contribution in [0.2, 0.25) is 0 Å². The van der Waals surface area contributed by atoms with Crippen molar-refractivity contribution < 1.29 is 26.3 Å². The summed E-state index contributed by atoms with van der Waals surface area (Å²) in [6, 6.07) is 0. The van der Waals surface area contributed by atoms with E-state index in [9.17, 15) is 26.3 Å². The predicted molar refractivity (Wildman–Crippen MR) is 59.3 cm³/mol. The first-order valence-electron chi connectivity index (χ1n) is 5.93. The van der Waals surface area contributed by atoms with Gasteiger partial charge in [-0.2, -0.15) is 26.3 Å². The Morgan fingerprint density at radius 1 is 0.850 bits per heavy atom. The van der Waals surface area contributed by atoms with Crippen LogP contribution in [0.25, 0.3) is 0 Å². The normalized spacial score (nSPS) is 38.0. The lowest BCUT2D eigenvalue weighted by molar-refractivity contribution is -0.0665. The van der Waals surface area contributed by atoms with E-state index in [1.807, 2.05) is 0 Å². The van der Waals surface area contributed by atoms with Crippen LogP contribution in [-0.4, -0.2) is 23.8 Å². The Balaban J connectivity index is 2.08. The number of alkyl halides is 6. The lowest BCUT2D eigenvalue weighted by Gasteiger charge is -2.21. The molecule has 0 amide bonds. The molecular formula is C12H10F6N2. The van der Waals surface area contributed by atoms with Gasteiger partial charge in [-0.15, -0.1) is 10.2 Å². The average molecular weight is 296 g/mol. The van der Waals surface area contributed by atoms with Crippen LogP contribution < -0.4 is 0 Å². The summed E-state index contributed by atoms with van der Waals surface area (Å²) in [6.45, 7) is 3.07. The molecule has 0 spiro atoms. The molecule has 0 aromatic carbocycles. The molecule has 0 radical (unpaired) electrons. The summed E-state index contributed by atoms with van der Waals surface area (Å²) in [5, 5.41) is 5.68. The fourth-order valence-corrected chi connectivity index (χ4v) is 3.25. The van der Waals surface area contributed by atoms with Gasteiger partial charge in [0.15, 0.2) is 0 Å². The highest BCUT2D eigenvalue weighted by Gasteiger charge is 2.79. The van der Waals surface area contributed by atoms with E-state index in [0.29, 0.717) is 0 Å². The number of hydrogen-bond donors (Lipinski definition) is 0. The summed E-state index contributed by atoms with van der Waals surface area (Å²) in [6.07, 6.45) is -6.25. The van der Waals surface area contributed by atoms with Gasteiger partial charge in [0.05, 0.1) is 0 Å². The largest absolute Gasteiger partial charge is 0.431 e. The highest BCUT2D eigenvalue weighted by Crippen LogP contribution is 2.75. The zero-order chi connectivity index (χ0) is 15.1. The van der Waals surface area contributed by atoms with Crippen molar-refractivity contribution in [3.63, 3.8) is 0 Å². The van der Waals surface area contributed by atoms with Crippen LogP contribution in [0.4, 0.5) is 26.3 Å². The fraction of sp³-hybridized carbons (Fsp3) is 0.667. The lowest BCUT2D eigenvalue weighted by atomic mass is 9.82. The standard InChI is InChI=1S/C12H10F6N2/c1-9(3-4-9)10(2)5-6(10)8(12(16,17)18)20-19-7(5)11(13,14)15/h3-6H,1-2H3/t5-,6+,10?. The smallest absolute Gasteiger partial charge is 0.165 e. The van der Waals surface area contributed by atoms with Gasteiger partial charge in [0.1, 0.15) is 11.4 Å². The Morgan fingerprint density at radius 2 is 1.20 bits per heavy atom. The summed E-state index contributed by atoms with van der Waals surface area (Å²) in [5.41, 5.74) is -4.29. The number of rotatable bonds is 1. The molecule has 2 aliphatic carbocycles. The van der Waals surface area contributed by atoms with Gasteiger partial charge < -0.3 is 0 Å². The van der Waals surface area contributed by atoms with E-state index in [2.05, 4.69) is 10.2 Å². The van der Waals surface area contributed by atoms with Crippen LogP contribution >= 0.6 is 0 Å². The molecule has 1 aliphatic heterocycles. The van der Waals surface area contributed by atoms with Crippen molar-refractivity contribution in [2.24, 2.45) is 32.9 Å². The van der Waals surface area contributed by atoms with E-state index < -0.39 is 46.4 Å². The lowest BCUT2D eigenvalue weighted by Crippen LogP contribution is -2.33. The van der Waals surface area contributed by atoms with Gasteiger partial charge in [-0.05, 0) is 5.41 Å². The molecule has 1 saturated carbocycles. The third kappa shape index (κ3) is 1.53. The van der Waals surface area contributed by atoms with Gasteiger partial charge in [-0.3, -0.25) is 0 Å². The molecule has 8 heteroatoms. The second-order valence-electron chi connectivity index (χ2n) is 5.82. The van der Waals surface area contributed by atoms with Crippen molar-refractivity contribution in [1.82, 2.24) is 0 Å². The molecule has 0 bridgehead atoms. The Kier molecular flexibility index (Phi) is 2.24. The van der Waals surface area contributed by atoms with Crippen molar-refractivity contribution in [2.75, 3.05) is 0 Å². The molecule has 20 heavy (non-hydrogen) atoms. The summed E-state index contributed by atoms with van der Waals surface area (Å²) in [4.78, 5) is 0. The average Bonchev–Trinajstić information content (AvgIpc) is 3.15. The number of allylic oxidation sites excluding steroid dienone is 2. The van der Waals surface area contributed by atoms with Crippen LogP contribution in [0.1, 0.15) is 13.8 Å². The van der Waals surface area contributed by atoms with Crippen molar-refractivity contribution in [1.29, 1.82) is 0 Å². The number of fused-ring (bicyclic) bond motifs is 1. The van der Waals surface area contributed by atoms with E-state index in [0.717, 1.165) is 0 Å². The molecule has 1 unspecified atom stereocenters. The van der Waals surface area contributed by atoms with E-state index in [1.165, 1.54) is 6.92 Å². The molecule has 2 nitrogen and oxygen atoms in total. The minimum atomic E-state index is -4.76. The summed E-state index contributed by atoms with van der Waals surface area (Å²) in [7, 11) is 0. The highest BCUT2D eigenvalue weighted by molar-refractivity contribution is 6.08. The Morgan fingerprint density at radius 3 is 1.45 bits per heavy atom. The van der Waals surface area contributed by atoms with E-state index in [4.69, 9.17) is 0 Å². The van der Waals surface area contributed by atoms with Crippen molar-refractivity contribution in [3.05, 3.63) is 12.2 Å². The zero-order valence-corrected chi connectivity index (χ0v) is 10.5. The SMILES string of the molecule is CC1(C2(C)[C@@H]3C(C(F)(F)F)=NN=C(C(F)(F)F)[C@@H]32)C=C1. The molecule has 110 valence electrons. The molecule has 3 rings (SSSR count). The van der Waals surface area contributed by atoms with Crippen molar-refractivity contribution in [3.8, 4) is 0 Å². The minimum Gasteiger partial charge on any atom is -0.165 e. The van der Waals surface area contributed by atoms with Crippen LogP contribution in [0.5, 0.6) is 0 Å². The minimum absolute atomic E-state index is 0.731. The third-order valence-electron chi connectivity index (χ3n) is 4.78. The van der Waals surface area contributed by atoms with Gasteiger partial charge in [0, 0.05) is 17.3 Å². The molecule has 1 fully saturated rings. The first-order valence-corrected chi connectivity index (χ1v) is 5.93. The summed E-state index contributed by atoms with van der Waals surface area (Å²) < 4.78 is 77.4. The van der Waals surface area contributed by atoms with E-state index >= 15 is 0 Å². The topological polar surface area (TPSA) is 24.7 Å². The molecule has 0 N–H and O–H groups in total. The zero-order valence-electron chi connectivity index (χ0n) is 10.5. The quantitative estimate of drug-likeness (QED) is 0.520. The molecule has 1 heterocycles. The van der Waals surface area contributed by atoms with Crippen molar-refractivity contribution in [2.45, 2.75) is 26.2 Å². The number of hydrogen-bond acceptors (Lipinski definition) is 2. The van der Waals surface area contributed by atoms with Crippen LogP contribution in [0.15, 0.2) is 22.4 Å². The highest BCUT2D eigenvalue weighted by atomic mass is 19.4. The Labute approximate surface area is 110 Å². The van der Waals surface area contributed by atoms with Gasteiger partial charge in [-0.1, -0.05) is 26.0 Å². The molecule has 0 aromatic heterocycles. The monoisotopic (exact) mass is 296 g/mol. The summed E-state index contributed by atoms with van der Waals surface area (Å²) in [5.74, 6) is -2.56. The van der Waals surface area contributed by atoms with Gasteiger partial charge in [0.2, 0.25) is 0 Å². The van der Waals surface area contributed by atoms with Gasteiger partial charge in [-0.25, -0.2) is 0 Å². The maximum Gasteiger partial charge on any atom is 0.431 e. The second-order valence-corrected chi connectivity index (χ2v) is 5.82. The van der Waals surface area contributed by atoms with Gasteiger partial charge in [0.25, 0.3) is 0 Å². The maximum absolute atomic E-state index is 12.9. The van der Waals surface area contributed by atoms with Crippen LogP contribution in [0.3, 0.4) is 0 Å². The van der Waals surface area contributed by atoms with Crippen LogP contribution in [-0.2, 0) is 0 Å². The first kappa shape index (κ1) is 13.6. The maximum atomic E-state index is 12.9. The number of nitrogens with zero attached hydrogens (tertiary/aromatic N) is 2. The molecule has 0 saturated heterocycles. The van der Waals surface area contributed by atoms with E-state index in [1.54, 1.807) is 19.1 Å². The molecule has 0 aromatic rings. The second kappa shape index (κ2) is 3.28. The number of halogens is 6. The van der Waals surface area contributed by atoms with E-state index in [-0.39, 0.29) is 0 Å². The summed E-state index contributed by atoms with van der Waals surface area (Å²) >= 11 is 0.